The van der Waals surface area contributed by atoms with Crippen LogP contribution in [-0.4, -0.2) is 48.2 Å². The van der Waals surface area contributed by atoms with Crippen LogP contribution in [0.1, 0.15) is 20.8 Å². The first kappa shape index (κ1) is 13.2. The molecule has 0 bridgehead atoms. The number of carbonyl (C=O) groups excluding carboxylic acids is 1. The van der Waals surface area contributed by atoms with Crippen molar-refractivity contribution in [3.05, 3.63) is 0 Å². The van der Waals surface area contributed by atoms with Crippen LogP contribution in [0.5, 0.6) is 0 Å². The van der Waals surface area contributed by atoms with Crippen molar-refractivity contribution >= 4 is 6.09 Å². The maximum Gasteiger partial charge on any atom is 0.410 e. The van der Waals surface area contributed by atoms with Gasteiger partial charge in [-0.05, 0) is 20.8 Å². The molecule has 1 saturated heterocycles. The van der Waals surface area contributed by atoms with E-state index in [4.69, 9.17) is 4.74 Å². The summed E-state index contributed by atoms with van der Waals surface area (Å²) in [5.74, 6) is 0. The summed E-state index contributed by atoms with van der Waals surface area (Å²) in [4.78, 5) is 13.2. The predicted octanol–water partition coefficient (Wildman–Crippen LogP) is 0.00200. The van der Waals surface area contributed by atoms with Crippen LogP contribution >= 0.6 is 0 Å². The fourth-order valence-corrected chi connectivity index (χ4v) is 1.17. The molecule has 1 fully saturated rings. The molecular formula is C9H20N2O3. The van der Waals surface area contributed by atoms with Gasteiger partial charge in [0.15, 0.2) is 0 Å². The third-order valence-electron chi connectivity index (χ3n) is 1.77. The van der Waals surface area contributed by atoms with Crippen LogP contribution < -0.4 is 5.32 Å². The Kier molecular flexibility index (Phi) is 4.87. The van der Waals surface area contributed by atoms with E-state index in [9.17, 15) is 4.79 Å². The van der Waals surface area contributed by atoms with Crippen molar-refractivity contribution in [2.45, 2.75) is 26.4 Å². The average molecular weight is 204 g/mol. The van der Waals surface area contributed by atoms with E-state index in [0.29, 0.717) is 0 Å². The Labute approximate surface area is 84.7 Å². The van der Waals surface area contributed by atoms with Crippen molar-refractivity contribution in [2.24, 2.45) is 0 Å². The first-order valence-corrected chi connectivity index (χ1v) is 4.68. The Morgan fingerprint density at radius 3 is 2.21 bits per heavy atom. The molecule has 0 aromatic rings. The number of amides is 1. The minimum atomic E-state index is -0.387. The molecule has 1 aliphatic heterocycles. The lowest BCUT2D eigenvalue weighted by molar-refractivity contribution is 0.0229. The van der Waals surface area contributed by atoms with Crippen molar-refractivity contribution in [1.29, 1.82) is 0 Å². The van der Waals surface area contributed by atoms with Gasteiger partial charge in [-0.2, -0.15) is 0 Å². The number of carbonyl (C=O) groups is 1. The zero-order valence-corrected chi connectivity index (χ0v) is 9.09. The summed E-state index contributed by atoms with van der Waals surface area (Å²) in [6.07, 6.45) is -0.200. The summed E-state index contributed by atoms with van der Waals surface area (Å²) >= 11 is 0. The van der Waals surface area contributed by atoms with Gasteiger partial charge in [-0.15, -0.1) is 0 Å². The monoisotopic (exact) mass is 204 g/mol. The molecule has 0 saturated carbocycles. The van der Waals surface area contributed by atoms with Crippen LogP contribution in [0.15, 0.2) is 0 Å². The van der Waals surface area contributed by atoms with E-state index < -0.39 is 0 Å². The smallest absolute Gasteiger partial charge is 0.410 e. The molecule has 84 valence electrons. The second kappa shape index (κ2) is 5.17. The maximum atomic E-state index is 11.5. The van der Waals surface area contributed by atoms with Crippen molar-refractivity contribution in [3.8, 4) is 0 Å². The average Bonchev–Trinajstić information content (AvgIpc) is 2.03. The third kappa shape index (κ3) is 4.43. The highest BCUT2D eigenvalue weighted by Crippen LogP contribution is 2.09. The number of ether oxygens (including phenoxy) is 1. The molecular weight excluding hydrogens is 184 g/mol. The highest BCUT2D eigenvalue weighted by Gasteiger charge is 2.22. The Balaban J connectivity index is 0.00000169. The summed E-state index contributed by atoms with van der Waals surface area (Å²) in [7, 11) is 0. The molecule has 0 atom stereocenters. The standard InChI is InChI=1S/C9H18N2O2.H2O/c1-9(2,3)13-8(12)11-6-4-10-5-7-11;/h10H,4-7H2,1-3H3;1H2. The van der Waals surface area contributed by atoms with E-state index in [-0.39, 0.29) is 17.2 Å². The molecule has 1 rings (SSSR count). The first-order chi connectivity index (χ1) is 5.99. The second-order valence-electron chi connectivity index (χ2n) is 4.22. The van der Waals surface area contributed by atoms with Crippen LogP contribution in [0, 0.1) is 0 Å². The van der Waals surface area contributed by atoms with E-state index in [1.54, 1.807) is 4.90 Å². The number of piperazine rings is 1. The highest BCUT2D eigenvalue weighted by molar-refractivity contribution is 5.68. The summed E-state index contributed by atoms with van der Waals surface area (Å²) in [6.45, 7) is 8.86. The minimum Gasteiger partial charge on any atom is -0.444 e. The van der Waals surface area contributed by atoms with Crippen molar-refractivity contribution in [1.82, 2.24) is 10.2 Å². The van der Waals surface area contributed by atoms with Gasteiger partial charge < -0.3 is 20.4 Å². The van der Waals surface area contributed by atoms with Crippen LogP contribution in [0.3, 0.4) is 0 Å². The fourth-order valence-electron chi connectivity index (χ4n) is 1.17. The van der Waals surface area contributed by atoms with Gasteiger partial charge in [0.1, 0.15) is 5.60 Å². The molecule has 1 aliphatic rings. The van der Waals surface area contributed by atoms with Gasteiger partial charge in [0.2, 0.25) is 0 Å². The van der Waals surface area contributed by atoms with Crippen LogP contribution in [0.25, 0.3) is 0 Å². The summed E-state index contributed by atoms with van der Waals surface area (Å²) in [5.41, 5.74) is -0.387. The van der Waals surface area contributed by atoms with Crippen molar-refractivity contribution in [3.63, 3.8) is 0 Å². The molecule has 0 aromatic heterocycles. The number of hydrogen-bond acceptors (Lipinski definition) is 3. The first-order valence-electron chi connectivity index (χ1n) is 4.68. The van der Waals surface area contributed by atoms with Gasteiger partial charge in [0, 0.05) is 26.2 Å². The third-order valence-corrected chi connectivity index (χ3v) is 1.77. The molecule has 0 aliphatic carbocycles. The SMILES string of the molecule is CC(C)(C)OC(=O)N1CCNCC1.O. The topological polar surface area (TPSA) is 73.1 Å². The molecule has 0 radical (unpaired) electrons. The van der Waals surface area contributed by atoms with Gasteiger partial charge in [0.05, 0.1) is 0 Å². The van der Waals surface area contributed by atoms with Crippen LogP contribution in [0.2, 0.25) is 0 Å². The number of nitrogens with zero attached hydrogens (tertiary/aromatic N) is 1. The molecule has 3 N–H and O–H groups in total. The van der Waals surface area contributed by atoms with E-state index in [1.165, 1.54) is 0 Å². The van der Waals surface area contributed by atoms with Gasteiger partial charge >= 0.3 is 6.09 Å². The fraction of sp³-hybridized carbons (Fsp3) is 0.889. The quantitative estimate of drug-likeness (QED) is 0.603. The molecule has 14 heavy (non-hydrogen) atoms. The number of nitrogens with one attached hydrogen (secondary N) is 1. The molecule has 5 nitrogen and oxygen atoms in total. The predicted molar refractivity (Wildman–Crippen MR) is 54.3 cm³/mol. The lowest BCUT2D eigenvalue weighted by Crippen LogP contribution is -2.48. The zero-order valence-electron chi connectivity index (χ0n) is 9.09. The highest BCUT2D eigenvalue weighted by atomic mass is 16.6. The van der Waals surface area contributed by atoms with E-state index >= 15 is 0 Å². The Morgan fingerprint density at radius 2 is 1.79 bits per heavy atom. The second-order valence-corrected chi connectivity index (χ2v) is 4.22. The molecule has 0 aromatic carbocycles. The van der Waals surface area contributed by atoms with Crippen LogP contribution in [0.4, 0.5) is 4.79 Å². The lowest BCUT2D eigenvalue weighted by atomic mass is 10.2. The van der Waals surface area contributed by atoms with E-state index in [1.807, 2.05) is 20.8 Å². The summed E-state index contributed by atoms with van der Waals surface area (Å²) in [5, 5.41) is 3.18. The van der Waals surface area contributed by atoms with Crippen molar-refractivity contribution in [2.75, 3.05) is 26.2 Å². The van der Waals surface area contributed by atoms with Gasteiger partial charge in [-0.25, -0.2) is 4.79 Å². The molecule has 1 amide bonds. The molecule has 1 heterocycles. The number of rotatable bonds is 0. The van der Waals surface area contributed by atoms with Gasteiger partial charge in [-0.1, -0.05) is 0 Å². The summed E-state index contributed by atoms with van der Waals surface area (Å²) < 4.78 is 5.24. The van der Waals surface area contributed by atoms with E-state index in [0.717, 1.165) is 26.2 Å². The molecule has 5 heteroatoms. The van der Waals surface area contributed by atoms with Crippen molar-refractivity contribution < 1.29 is 15.0 Å². The summed E-state index contributed by atoms with van der Waals surface area (Å²) in [6, 6.07) is 0. The zero-order chi connectivity index (χ0) is 9.90. The number of hydrogen-bond donors (Lipinski definition) is 1. The minimum absolute atomic E-state index is 0. The van der Waals surface area contributed by atoms with Crippen LogP contribution in [-0.2, 0) is 4.74 Å². The normalized spacial score (nSPS) is 17.2. The Morgan fingerprint density at radius 1 is 1.29 bits per heavy atom. The Hall–Kier alpha value is -0.810. The van der Waals surface area contributed by atoms with Gasteiger partial charge in [0.25, 0.3) is 0 Å². The lowest BCUT2D eigenvalue weighted by Gasteiger charge is -2.30. The molecule has 0 unspecified atom stereocenters. The molecule has 0 spiro atoms. The largest absolute Gasteiger partial charge is 0.444 e. The van der Waals surface area contributed by atoms with E-state index in [2.05, 4.69) is 5.32 Å². The maximum absolute atomic E-state index is 11.5. The van der Waals surface area contributed by atoms with Gasteiger partial charge in [-0.3, -0.25) is 0 Å². The Bertz CT molecular complexity index is 183.